The molecule has 0 saturated carbocycles. The van der Waals surface area contributed by atoms with Crippen molar-refractivity contribution in [3.05, 3.63) is 41.9 Å². The molecule has 0 atom stereocenters. The van der Waals surface area contributed by atoms with Crippen molar-refractivity contribution in [1.82, 2.24) is 4.98 Å². The molecule has 0 fully saturated rings. The molecule has 0 amide bonds. The van der Waals surface area contributed by atoms with E-state index in [0.717, 1.165) is 17.5 Å². The van der Waals surface area contributed by atoms with E-state index >= 15 is 0 Å². The van der Waals surface area contributed by atoms with Crippen molar-refractivity contribution in [3.8, 4) is 11.3 Å². The molecular weight excluding hydrogens is 230 g/mol. The highest BCUT2D eigenvalue weighted by Crippen LogP contribution is 2.34. The van der Waals surface area contributed by atoms with E-state index in [2.05, 4.69) is 25.8 Å². The molecule has 4 heteroatoms. The minimum atomic E-state index is -1.08. The lowest BCUT2D eigenvalue weighted by atomic mass is 9.83. The molecule has 1 aromatic carbocycles. The van der Waals surface area contributed by atoms with Gasteiger partial charge in [-0.2, -0.15) is 0 Å². The van der Waals surface area contributed by atoms with E-state index in [1.807, 2.05) is 24.3 Å². The Labute approximate surface area is 105 Å². The number of aromatic carboxylic acids is 1. The first-order chi connectivity index (χ1) is 8.41. The van der Waals surface area contributed by atoms with Gasteiger partial charge in [-0.3, -0.25) is 0 Å². The van der Waals surface area contributed by atoms with Crippen LogP contribution in [0.3, 0.4) is 0 Å². The normalized spacial score (nSPS) is 11.5. The van der Waals surface area contributed by atoms with E-state index in [1.54, 1.807) is 0 Å². The van der Waals surface area contributed by atoms with Crippen LogP contribution < -0.4 is 0 Å². The summed E-state index contributed by atoms with van der Waals surface area (Å²) in [7, 11) is 0. The Morgan fingerprint density at radius 2 is 1.94 bits per heavy atom. The first kappa shape index (κ1) is 12.4. The molecule has 1 heterocycles. The number of oxazole rings is 1. The summed E-state index contributed by atoms with van der Waals surface area (Å²) in [6.45, 7) is 6.22. The van der Waals surface area contributed by atoms with Gasteiger partial charge in [0.25, 0.3) is 0 Å². The van der Waals surface area contributed by atoms with Gasteiger partial charge in [0.15, 0.2) is 17.8 Å². The molecule has 0 spiro atoms. The van der Waals surface area contributed by atoms with E-state index < -0.39 is 5.97 Å². The average molecular weight is 245 g/mol. The molecule has 1 aromatic heterocycles. The summed E-state index contributed by atoms with van der Waals surface area (Å²) in [5, 5.41) is 9.09. The molecule has 1 N–H and O–H groups in total. The van der Waals surface area contributed by atoms with E-state index in [4.69, 9.17) is 9.52 Å². The van der Waals surface area contributed by atoms with Crippen molar-refractivity contribution < 1.29 is 14.3 Å². The van der Waals surface area contributed by atoms with Crippen molar-refractivity contribution in [2.45, 2.75) is 26.2 Å². The number of hydrogen-bond acceptors (Lipinski definition) is 3. The molecular formula is C14H15NO3. The molecule has 0 aliphatic heterocycles. The Kier molecular flexibility index (Phi) is 2.95. The van der Waals surface area contributed by atoms with Crippen LogP contribution in [0.5, 0.6) is 0 Å². The van der Waals surface area contributed by atoms with Gasteiger partial charge in [-0.05, 0) is 11.0 Å². The zero-order chi connectivity index (χ0) is 13.3. The van der Waals surface area contributed by atoms with Crippen molar-refractivity contribution in [2.24, 2.45) is 0 Å². The van der Waals surface area contributed by atoms with Crippen LogP contribution >= 0.6 is 0 Å². The largest absolute Gasteiger partial charge is 0.476 e. The second kappa shape index (κ2) is 4.29. The number of hydrogen-bond donors (Lipinski definition) is 1. The molecule has 0 aliphatic rings. The van der Waals surface area contributed by atoms with E-state index in [1.165, 1.54) is 0 Å². The van der Waals surface area contributed by atoms with Gasteiger partial charge in [-0.25, -0.2) is 9.78 Å². The molecule has 94 valence electrons. The van der Waals surface area contributed by atoms with Crippen LogP contribution in [0.25, 0.3) is 11.3 Å². The van der Waals surface area contributed by atoms with E-state index in [0.29, 0.717) is 5.76 Å². The Morgan fingerprint density at radius 1 is 1.28 bits per heavy atom. The van der Waals surface area contributed by atoms with Gasteiger partial charge in [0.05, 0.1) is 0 Å². The molecule has 2 aromatic rings. The van der Waals surface area contributed by atoms with Crippen molar-refractivity contribution >= 4 is 5.97 Å². The predicted molar refractivity (Wildman–Crippen MR) is 67.6 cm³/mol. The van der Waals surface area contributed by atoms with Crippen LogP contribution in [-0.2, 0) is 5.41 Å². The van der Waals surface area contributed by atoms with Gasteiger partial charge in [-0.15, -0.1) is 0 Å². The summed E-state index contributed by atoms with van der Waals surface area (Å²) < 4.78 is 5.26. The van der Waals surface area contributed by atoms with Gasteiger partial charge in [0.1, 0.15) is 0 Å². The number of carboxylic acids is 1. The maximum absolute atomic E-state index is 11.1. The molecule has 0 bridgehead atoms. The zero-order valence-corrected chi connectivity index (χ0v) is 10.6. The lowest BCUT2D eigenvalue weighted by Crippen LogP contribution is -2.13. The number of nitrogens with zero attached hydrogens (tertiary/aromatic N) is 1. The number of benzene rings is 1. The monoisotopic (exact) mass is 245 g/mol. The van der Waals surface area contributed by atoms with Gasteiger partial charge in [0, 0.05) is 5.56 Å². The number of carboxylic acid groups (broad SMARTS) is 1. The zero-order valence-electron chi connectivity index (χ0n) is 10.6. The summed E-state index contributed by atoms with van der Waals surface area (Å²) in [4.78, 5) is 14.8. The maximum atomic E-state index is 11.1. The highest BCUT2D eigenvalue weighted by Gasteiger charge is 2.24. The van der Waals surface area contributed by atoms with Crippen LogP contribution in [0.4, 0.5) is 0 Å². The summed E-state index contributed by atoms with van der Waals surface area (Å²) in [6.07, 6.45) is 1.16. The number of carbonyl (C=O) groups is 1. The van der Waals surface area contributed by atoms with Gasteiger partial charge < -0.3 is 9.52 Å². The standard InChI is InChI=1S/C14H15NO3/c1-14(2,3)10-7-5-4-6-9(10)12-11(13(16)17)15-8-18-12/h4-8H,1-3H3,(H,16,17). The lowest BCUT2D eigenvalue weighted by molar-refractivity contribution is 0.0691. The van der Waals surface area contributed by atoms with E-state index in [9.17, 15) is 4.79 Å². The molecule has 0 unspecified atom stereocenters. The molecule has 0 radical (unpaired) electrons. The minimum absolute atomic E-state index is 0.0494. The average Bonchev–Trinajstić information content (AvgIpc) is 2.76. The van der Waals surface area contributed by atoms with Crippen molar-refractivity contribution in [3.63, 3.8) is 0 Å². The van der Waals surface area contributed by atoms with Gasteiger partial charge >= 0.3 is 5.97 Å². The fraction of sp³-hybridized carbons (Fsp3) is 0.286. The summed E-state index contributed by atoms with van der Waals surface area (Å²) in [5.74, 6) is -0.768. The Hall–Kier alpha value is -2.10. The molecule has 0 saturated heterocycles. The second-order valence-electron chi connectivity index (χ2n) is 5.13. The minimum Gasteiger partial charge on any atom is -0.476 e. The smallest absolute Gasteiger partial charge is 0.358 e. The fourth-order valence-corrected chi connectivity index (χ4v) is 1.92. The van der Waals surface area contributed by atoms with Crippen LogP contribution in [0.2, 0.25) is 0 Å². The van der Waals surface area contributed by atoms with E-state index in [-0.39, 0.29) is 11.1 Å². The number of rotatable bonds is 2. The van der Waals surface area contributed by atoms with Crippen LogP contribution in [0.1, 0.15) is 36.8 Å². The van der Waals surface area contributed by atoms with Crippen LogP contribution in [0, 0.1) is 0 Å². The summed E-state index contributed by atoms with van der Waals surface area (Å²) >= 11 is 0. The van der Waals surface area contributed by atoms with Crippen molar-refractivity contribution in [2.75, 3.05) is 0 Å². The molecule has 18 heavy (non-hydrogen) atoms. The highest BCUT2D eigenvalue weighted by molar-refractivity contribution is 5.92. The quantitative estimate of drug-likeness (QED) is 0.881. The SMILES string of the molecule is CC(C)(C)c1ccccc1-c1ocnc1C(=O)O. The predicted octanol–water partition coefficient (Wildman–Crippen LogP) is 3.34. The Bertz CT molecular complexity index is 579. The third-order valence-corrected chi connectivity index (χ3v) is 2.75. The lowest BCUT2D eigenvalue weighted by Gasteiger charge is -2.21. The summed E-state index contributed by atoms with van der Waals surface area (Å²) in [5.41, 5.74) is 1.66. The Balaban J connectivity index is 2.65. The Morgan fingerprint density at radius 3 is 2.56 bits per heavy atom. The first-order valence-electron chi connectivity index (χ1n) is 5.68. The second-order valence-corrected chi connectivity index (χ2v) is 5.13. The molecule has 4 nitrogen and oxygen atoms in total. The summed E-state index contributed by atoms with van der Waals surface area (Å²) in [6, 6.07) is 7.62. The van der Waals surface area contributed by atoms with Crippen molar-refractivity contribution in [1.29, 1.82) is 0 Å². The van der Waals surface area contributed by atoms with Gasteiger partial charge in [-0.1, -0.05) is 45.0 Å². The van der Waals surface area contributed by atoms with Crippen LogP contribution in [-0.4, -0.2) is 16.1 Å². The molecule has 0 aliphatic carbocycles. The first-order valence-corrected chi connectivity index (χ1v) is 5.68. The fourth-order valence-electron chi connectivity index (χ4n) is 1.92. The number of aromatic nitrogens is 1. The highest BCUT2D eigenvalue weighted by atomic mass is 16.4. The maximum Gasteiger partial charge on any atom is 0.358 e. The third-order valence-electron chi connectivity index (χ3n) is 2.75. The molecule has 2 rings (SSSR count). The van der Waals surface area contributed by atoms with Gasteiger partial charge in [0.2, 0.25) is 0 Å². The van der Waals surface area contributed by atoms with Crippen LogP contribution in [0.15, 0.2) is 35.1 Å². The topological polar surface area (TPSA) is 63.3 Å². The third kappa shape index (κ3) is 2.14.